The van der Waals surface area contributed by atoms with Crippen LogP contribution in [0, 0.1) is 0 Å². The van der Waals surface area contributed by atoms with Gasteiger partial charge in [0, 0.05) is 34.8 Å². The van der Waals surface area contributed by atoms with Crippen LogP contribution in [-0.2, 0) is 4.79 Å². The minimum Gasteiger partial charge on any atom is -0.494 e. The summed E-state index contributed by atoms with van der Waals surface area (Å²) in [6.45, 7) is 0.660. The molecular weight excluding hydrogens is 478 g/mol. The van der Waals surface area contributed by atoms with Gasteiger partial charge >= 0.3 is 0 Å². The van der Waals surface area contributed by atoms with Gasteiger partial charge < -0.3 is 25.0 Å². The molecule has 0 fully saturated rings. The fourth-order valence-electron chi connectivity index (χ4n) is 3.38. The smallest absolute Gasteiger partial charge is 0.248 e. The Bertz CT molecular complexity index is 1370. The lowest BCUT2D eigenvalue weighted by molar-refractivity contribution is -0.111. The molecule has 0 aliphatic carbocycles. The Labute approximate surface area is 214 Å². The quantitative estimate of drug-likeness (QED) is 0.275. The molecule has 0 atom stereocenters. The summed E-state index contributed by atoms with van der Waals surface area (Å²) in [4.78, 5) is 23.1. The predicted molar refractivity (Wildman–Crippen MR) is 144 cm³/mol. The zero-order chi connectivity index (χ0) is 25.5. The monoisotopic (exact) mass is 503 g/mol. The lowest BCUT2D eigenvalue weighted by Crippen LogP contribution is -2.13. The van der Waals surface area contributed by atoms with Gasteiger partial charge in [0.05, 0.1) is 18.3 Å². The van der Waals surface area contributed by atoms with Crippen molar-refractivity contribution < 1.29 is 14.3 Å². The molecule has 4 rings (SSSR count). The zero-order valence-electron chi connectivity index (χ0n) is 20.2. The summed E-state index contributed by atoms with van der Waals surface area (Å²) in [6.07, 6.45) is 4.77. The number of hydrogen-bond acceptors (Lipinski definition) is 7. The van der Waals surface area contributed by atoms with Crippen LogP contribution in [0.15, 0.2) is 79.1 Å². The van der Waals surface area contributed by atoms with E-state index in [1.54, 1.807) is 37.5 Å². The first kappa shape index (κ1) is 25.0. The van der Waals surface area contributed by atoms with E-state index in [0.29, 0.717) is 45.8 Å². The molecule has 1 heterocycles. The van der Waals surface area contributed by atoms with Crippen LogP contribution in [0.2, 0.25) is 5.02 Å². The number of carbonyl (C=O) groups is 1. The molecule has 1 amide bonds. The first-order chi connectivity index (χ1) is 17.4. The number of likely N-dealkylation sites (N-methyl/N-ethyl adjacent to an activating group) is 1. The first-order valence-corrected chi connectivity index (χ1v) is 11.5. The molecule has 8 nitrogen and oxygen atoms in total. The highest BCUT2D eigenvalue weighted by Gasteiger charge is 2.12. The fraction of sp³-hybridized carbons (Fsp3) is 0.148. The molecule has 4 aromatic rings. The van der Waals surface area contributed by atoms with Gasteiger partial charge in [-0.05, 0) is 68.7 Å². The highest BCUT2D eigenvalue weighted by molar-refractivity contribution is 6.30. The van der Waals surface area contributed by atoms with E-state index in [1.165, 1.54) is 12.4 Å². The molecule has 1 aromatic heterocycles. The number of hydrogen-bond donors (Lipinski definition) is 2. The second-order valence-corrected chi connectivity index (χ2v) is 8.59. The van der Waals surface area contributed by atoms with Crippen LogP contribution in [0.3, 0.4) is 0 Å². The molecule has 0 aliphatic rings. The van der Waals surface area contributed by atoms with Gasteiger partial charge in [-0.1, -0.05) is 17.7 Å². The number of fused-ring (bicyclic) bond motifs is 1. The van der Waals surface area contributed by atoms with Gasteiger partial charge in [-0.2, -0.15) is 0 Å². The number of anilines is 3. The largest absolute Gasteiger partial charge is 0.494 e. The molecule has 36 heavy (non-hydrogen) atoms. The molecule has 0 saturated carbocycles. The van der Waals surface area contributed by atoms with Gasteiger partial charge in [-0.3, -0.25) is 4.79 Å². The first-order valence-electron chi connectivity index (χ1n) is 11.2. The number of rotatable bonds is 9. The van der Waals surface area contributed by atoms with Crippen molar-refractivity contribution in [2.75, 3.05) is 38.4 Å². The maximum atomic E-state index is 12.4. The molecule has 184 valence electrons. The second kappa shape index (κ2) is 11.5. The second-order valence-electron chi connectivity index (χ2n) is 8.15. The summed E-state index contributed by atoms with van der Waals surface area (Å²) in [5, 5.41) is 7.57. The number of nitrogens with one attached hydrogen (secondary N) is 2. The third kappa shape index (κ3) is 6.50. The molecule has 0 unspecified atom stereocenters. The normalized spacial score (nSPS) is 11.1. The van der Waals surface area contributed by atoms with Gasteiger partial charge in [0.25, 0.3) is 0 Å². The van der Waals surface area contributed by atoms with Crippen molar-refractivity contribution in [3.05, 3.63) is 84.2 Å². The summed E-state index contributed by atoms with van der Waals surface area (Å²) < 4.78 is 11.3. The van der Waals surface area contributed by atoms with E-state index in [9.17, 15) is 4.79 Å². The van der Waals surface area contributed by atoms with E-state index in [-0.39, 0.29) is 5.91 Å². The van der Waals surface area contributed by atoms with Gasteiger partial charge in [-0.25, -0.2) is 9.97 Å². The van der Waals surface area contributed by atoms with Crippen LogP contribution < -0.4 is 20.1 Å². The van der Waals surface area contributed by atoms with Gasteiger partial charge in [0.2, 0.25) is 5.91 Å². The van der Waals surface area contributed by atoms with Crippen LogP contribution in [0.25, 0.3) is 10.9 Å². The lowest BCUT2D eigenvalue weighted by Gasteiger charge is -2.13. The van der Waals surface area contributed by atoms with E-state index < -0.39 is 0 Å². The Morgan fingerprint density at radius 1 is 1.03 bits per heavy atom. The third-order valence-electron chi connectivity index (χ3n) is 5.12. The summed E-state index contributed by atoms with van der Waals surface area (Å²) in [5.41, 5.74) is 2.01. The van der Waals surface area contributed by atoms with Crippen molar-refractivity contribution in [2.24, 2.45) is 0 Å². The van der Waals surface area contributed by atoms with Gasteiger partial charge in [-0.15, -0.1) is 0 Å². The molecule has 0 aliphatic heterocycles. The molecule has 0 radical (unpaired) electrons. The molecule has 0 spiro atoms. The minimum absolute atomic E-state index is 0.253. The van der Waals surface area contributed by atoms with Crippen molar-refractivity contribution >= 4 is 45.6 Å². The topological polar surface area (TPSA) is 88.6 Å². The molecule has 0 bridgehead atoms. The van der Waals surface area contributed by atoms with E-state index in [1.807, 2.05) is 55.4 Å². The van der Waals surface area contributed by atoms with Gasteiger partial charge in [0.15, 0.2) is 0 Å². The summed E-state index contributed by atoms with van der Waals surface area (Å²) in [5.74, 6) is 2.23. The molecule has 2 N–H and O–H groups in total. The van der Waals surface area contributed by atoms with Crippen LogP contribution in [0.5, 0.6) is 17.2 Å². The highest BCUT2D eigenvalue weighted by atomic mass is 35.5. The maximum absolute atomic E-state index is 12.4. The molecular formula is C27H26ClN5O3. The van der Waals surface area contributed by atoms with Crippen molar-refractivity contribution in [1.29, 1.82) is 0 Å². The van der Waals surface area contributed by atoms with Gasteiger partial charge in [0.1, 0.15) is 29.4 Å². The van der Waals surface area contributed by atoms with Crippen molar-refractivity contribution in [3.8, 4) is 17.2 Å². The van der Waals surface area contributed by atoms with Crippen LogP contribution in [0.4, 0.5) is 17.2 Å². The number of halogens is 1. The zero-order valence-corrected chi connectivity index (χ0v) is 20.9. The number of nitrogens with zero attached hydrogens (tertiary/aromatic N) is 3. The number of ether oxygens (including phenoxy) is 2. The number of aromatic nitrogens is 2. The minimum atomic E-state index is -0.253. The van der Waals surface area contributed by atoms with E-state index >= 15 is 0 Å². The third-order valence-corrected chi connectivity index (χ3v) is 5.37. The van der Waals surface area contributed by atoms with Crippen LogP contribution in [0.1, 0.15) is 0 Å². The molecule has 3 aromatic carbocycles. The Hall–Kier alpha value is -4.14. The lowest BCUT2D eigenvalue weighted by atomic mass is 10.1. The highest BCUT2D eigenvalue weighted by Crippen LogP contribution is 2.33. The number of benzene rings is 3. The standard InChI is InChI=1S/C27H26ClN5O3/c1-33(2)14-4-5-26(34)32-24-15-22-23(16-25(24)35-3)29-17-30-27(22)31-19-8-12-21(13-9-19)36-20-10-6-18(28)7-11-20/h4-13,15-17H,14H2,1-3H3,(H,32,34)(H,29,30,31)/b5-4+. The van der Waals surface area contributed by atoms with E-state index in [0.717, 1.165) is 11.1 Å². The Kier molecular flexibility index (Phi) is 7.99. The summed E-state index contributed by atoms with van der Waals surface area (Å²) >= 11 is 5.93. The Balaban J connectivity index is 1.54. The average Bonchev–Trinajstić information content (AvgIpc) is 2.86. The fourth-order valence-corrected chi connectivity index (χ4v) is 3.50. The summed E-state index contributed by atoms with van der Waals surface area (Å²) in [7, 11) is 5.42. The van der Waals surface area contributed by atoms with Crippen LogP contribution in [-0.4, -0.2) is 48.5 Å². The van der Waals surface area contributed by atoms with E-state index in [2.05, 4.69) is 20.6 Å². The van der Waals surface area contributed by atoms with Crippen LogP contribution >= 0.6 is 11.6 Å². The summed E-state index contributed by atoms with van der Waals surface area (Å²) in [6, 6.07) is 18.2. The van der Waals surface area contributed by atoms with Crippen molar-refractivity contribution in [2.45, 2.75) is 0 Å². The van der Waals surface area contributed by atoms with Crippen molar-refractivity contribution in [3.63, 3.8) is 0 Å². The number of methoxy groups -OCH3 is 1. The number of amides is 1. The maximum Gasteiger partial charge on any atom is 0.248 e. The number of carbonyl (C=O) groups excluding carboxylic acids is 1. The predicted octanol–water partition coefficient (Wildman–Crippen LogP) is 5.88. The SMILES string of the molecule is COc1cc2ncnc(Nc3ccc(Oc4ccc(Cl)cc4)cc3)c2cc1NC(=O)/C=C/CN(C)C. The molecule has 9 heteroatoms. The van der Waals surface area contributed by atoms with E-state index in [4.69, 9.17) is 21.1 Å². The average molecular weight is 504 g/mol. The van der Waals surface area contributed by atoms with Crippen molar-refractivity contribution in [1.82, 2.24) is 14.9 Å². The Morgan fingerprint density at radius 2 is 1.72 bits per heavy atom. The Morgan fingerprint density at radius 3 is 2.39 bits per heavy atom. The molecule has 0 saturated heterocycles.